The van der Waals surface area contributed by atoms with E-state index in [1.165, 1.54) is 0 Å². The highest BCUT2D eigenvalue weighted by Crippen LogP contribution is 2.44. The molecule has 1 saturated heterocycles. The summed E-state index contributed by atoms with van der Waals surface area (Å²) in [5.74, 6) is -0.128. The van der Waals surface area contributed by atoms with Crippen LogP contribution in [0.15, 0.2) is 48.7 Å². The SMILES string of the molecule is CN1SNc2c(ccc3cccnc23)C1c1ccc(F)c(CN2CCNCC2)c1. The molecule has 3 aromatic rings. The van der Waals surface area contributed by atoms with E-state index in [0.717, 1.165) is 59.5 Å². The molecule has 1 unspecified atom stereocenters. The van der Waals surface area contributed by atoms with Crippen LogP contribution in [0.5, 0.6) is 0 Å². The topological polar surface area (TPSA) is 43.4 Å². The largest absolute Gasteiger partial charge is 0.314 e. The van der Waals surface area contributed by atoms with Crippen LogP contribution in [-0.4, -0.2) is 47.4 Å². The lowest BCUT2D eigenvalue weighted by atomic mass is 9.94. The number of nitrogens with zero attached hydrogens (tertiary/aromatic N) is 3. The number of anilines is 1. The number of benzene rings is 2. The second kappa shape index (κ2) is 7.91. The maximum Gasteiger partial charge on any atom is 0.127 e. The van der Waals surface area contributed by atoms with Crippen molar-refractivity contribution < 1.29 is 4.39 Å². The Labute approximate surface area is 174 Å². The molecular weight excluding hydrogens is 385 g/mol. The standard InChI is InChI=1S/C22H24FN5S/c1-27-22(18-6-4-15-3-2-8-25-20(15)21(18)26-29-27)16-5-7-19(23)17(13-16)14-28-11-9-24-10-12-28/h2-8,13,22,24,26H,9-12,14H2,1H3. The van der Waals surface area contributed by atoms with Gasteiger partial charge in [-0.3, -0.25) is 9.88 Å². The second-order valence-corrected chi connectivity index (χ2v) is 8.59. The van der Waals surface area contributed by atoms with Crippen LogP contribution in [0.25, 0.3) is 10.9 Å². The van der Waals surface area contributed by atoms with Crippen molar-refractivity contribution in [2.24, 2.45) is 0 Å². The molecule has 1 fully saturated rings. The molecule has 5 rings (SSSR count). The van der Waals surface area contributed by atoms with Crippen LogP contribution in [0.1, 0.15) is 22.7 Å². The fraction of sp³-hybridized carbons (Fsp3) is 0.318. The Kier molecular flexibility index (Phi) is 5.13. The van der Waals surface area contributed by atoms with Crippen LogP contribution in [0, 0.1) is 5.82 Å². The van der Waals surface area contributed by atoms with E-state index >= 15 is 0 Å². The Morgan fingerprint density at radius 2 is 2.03 bits per heavy atom. The summed E-state index contributed by atoms with van der Waals surface area (Å²) in [6.45, 7) is 4.47. The van der Waals surface area contributed by atoms with Crippen LogP contribution < -0.4 is 10.0 Å². The van der Waals surface area contributed by atoms with Gasteiger partial charge in [0.05, 0.1) is 17.2 Å². The molecule has 2 aliphatic heterocycles. The highest BCUT2D eigenvalue weighted by molar-refractivity contribution is 7.98. The number of piperazine rings is 1. The van der Waals surface area contributed by atoms with Gasteiger partial charge in [-0.1, -0.05) is 24.3 Å². The number of rotatable bonds is 3. The molecule has 2 aliphatic rings. The van der Waals surface area contributed by atoms with E-state index in [4.69, 9.17) is 0 Å². The Morgan fingerprint density at radius 3 is 2.90 bits per heavy atom. The third kappa shape index (κ3) is 3.59. The maximum absolute atomic E-state index is 14.6. The van der Waals surface area contributed by atoms with E-state index in [-0.39, 0.29) is 11.9 Å². The van der Waals surface area contributed by atoms with E-state index in [2.05, 4.69) is 49.5 Å². The summed E-state index contributed by atoms with van der Waals surface area (Å²) in [4.78, 5) is 6.90. The molecule has 0 spiro atoms. The number of fused-ring (bicyclic) bond motifs is 3. The summed E-state index contributed by atoms with van der Waals surface area (Å²) in [6.07, 6.45) is 1.83. The molecule has 29 heavy (non-hydrogen) atoms. The molecule has 1 atom stereocenters. The number of hydrogen-bond donors (Lipinski definition) is 2. The molecule has 0 saturated carbocycles. The van der Waals surface area contributed by atoms with Gasteiger partial charge in [0.25, 0.3) is 0 Å². The van der Waals surface area contributed by atoms with Crippen molar-refractivity contribution in [1.82, 2.24) is 19.5 Å². The van der Waals surface area contributed by atoms with Gasteiger partial charge in [-0.2, -0.15) is 0 Å². The van der Waals surface area contributed by atoms with Gasteiger partial charge >= 0.3 is 0 Å². The van der Waals surface area contributed by atoms with Crippen LogP contribution >= 0.6 is 12.1 Å². The molecular formula is C22H24FN5S. The summed E-state index contributed by atoms with van der Waals surface area (Å²) in [7, 11) is 2.06. The highest BCUT2D eigenvalue weighted by Gasteiger charge is 2.29. The maximum atomic E-state index is 14.6. The number of halogens is 1. The summed E-state index contributed by atoms with van der Waals surface area (Å²) in [5, 5.41) is 4.46. The molecule has 2 N–H and O–H groups in total. The first-order valence-electron chi connectivity index (χ1n) is 9.95. The van der Waals surface area contributed by atoms with Crippen molar-refractivity contribution in [2.45, 2.75) is 12.6 Å². The molecule has 1 aromatic heterocycles. The predicted octanol–water partition coefficient (Wildman–Crippen LogP) is 3.79. The number of aromatic nitrogens is 1. The second-order valence-electron chi connectivity index (χ2n) is 7.62. The van der Waals surface area contributed by atoms with Crippen molar-refractivity contribution in [2.75, 3.05) is 37.9 Å². The lowest BCUT2D eigenvalue weighted by Gasteiger charge is -2.35. The summed E-state index contributed by atoms with van der Waals surface area (Å²) >= 11 is 1.56. The number of pyridine rings is 1. The third-order valence-corrected chi connectivity index (χ3v) is 6.54. The molecule has 3 heterocycles. The van der Waals surface area contributed by atoms with E-state index in [9.17, 15) is 4.39 Å². The summed E-state index contributed by atoms with van der Waals surface area (Å²) in [6, 6.07) is 13.9. The van der Waals surface area contributed by atoms with Gasteiger partial charge in [0.2, 0.25) is 0 Å². The van der Waals surface area contributed by atoms with Crippen molar-refractivity contribution in [3.63, 3.8) is 0 Å². The first-order chi connectivity index (χ1) is 14.2. The molecule has 0 bridgehead atoms. The van der Waals surface area contributed by atoms with Gasteiger partial charge in [-0.05, 0) is 23.8 Å². The zero-order valence-electron chi connectivity index (χ0n) is 16.4. The summed E-state index contributed by atoms with van der Waals surface area (Å²) in [5.41, 5.74) is 5.05. The van der Waals surface area contributed by atoms with Crippen LogP contribution in [0.3, 0.4) is 0 Å². The van der Waals surface area contributed by atoms with E-state index < -0.39 is 0 Å². The Hall–Kier alpha value is -2.19. The smallest absolute Gasteiger partial charge is 0.127 e. The monoisotopic (exact) mass is 409 g/mol. The zero-order valence-corrected chi connectivity index (χ0v) is 17.2. The molecule has 0 aliphatic carbocycles. The fourth-order valence-electron chi connectivity index (χ4n) is 4.25. The lowest BCUT2D eigenvalue weighted by Crippen LogP contribution is -2.43. The Morgan fingerprint density at radius 1 is 1.17 bits per heavy atom. The third-order valence-electron chi connectivity index (χ3n) is 5.75. The first kappa shape index (κ1) is 18.8. The minimum absolute atomic E-state index is 0.0324. The van der Waals surface area contributed by atoms with Crippen molar-refractivity contribution in [3.05, 3.63) is 71.2 Å². The first-order valence-corrected chi connectivity index (χ1v) is 10.7. The minimum atomic E-state index is -0.128. The zero-order chi connectivity index (χ0) is 19.8. The average molecular weight is 410 g/mol. The average Bonchev–Trinajstić information content (AvgIpc) is 2.76. The Balaban J connectivity index is 1.54. The normalized spacial score (nSPS) is 20.4. The van der Waals surface area contributed by atoms with E-state index in [0.29, 0.717) is 6.54 Å². The molecule has 2 aromatic carbocycles. The van der Waals surface area contributed by atoms with Gasteiger partial charge < -0.3 is 10.0 Å². The highest BCUT2D eigenvalue weighted by atomic mass is 32.2. The lowest BCUT2D eigenvalue weighted by molar-refractivity contribution is 0.230. The quantitative estimate of drug-likeness (QED) is 0.642. The van der Waals surface area contributed by atoms with Gasteiger partial charge in [0, 0.05) is 74.6 Å². The molecule has 0 radical (unpaired) electrons. The van der Waals surface area contributed by atoms with Crippen molar-refractivity contribution in [3.8, 4) is 0 Å². The fourth-order valence-corrected chi connectivity index (χ4v) is 5.04. The summed E-state index contributed by atoms with van der Waals surface area (Å²) < 4.78 is 20.2. The number of nitrogens with one attached hydrogen (secondary N) is 2. The van der Waals surface area contributed by atoms with Crippen molar-refractivity contribution >= 4 is 28.7 Å². The molecule has 5 nitrogen and oxygen atoms in total. The van der Waals surface area contributed by atoms with Crippen LogP contribution in [0.4, 0.5) is 10.1 Å². The van der Waals surface area contributed by atoms with Crippen LogP contribution in [0.2, 0.25) is 0 Å². The number of hydrogen-bond acceptors (Lipinski definition) is 6. The molecule has 150 valence electrons. The minimum Gasteiger partial charge on any atom is -0.314 e. The Bertz CT molecular complexity index is 1040. The van der Waals surface area contributed by atoms with E-state index in [1.54, 1.807) is 18.2 Å². The van der Waals surface area contributed by atoms with E-state index in [1.807, 2.05) is 24.4 Å². The van der Waals surface area contributed by atoms with Crippen molar-refractivity contribution in [1.29, 1.82) is 0 Å². The molecule has 0 amide bonds. The van der Waals surface area contributed by atoms with Gasteiger partial charge in [0.15, 0.2) is 0 Å². The van der Waals surface area contributed by atoms with Gasteiger partial charge in [0.1, 0.15) is 5.82 Å². The molecule has 7 heteroatoms. The van der Waals surface area contributed by atoms with Gasteiger partial charge in [-0.15, -0.1) is 0 Å². The predicted molar refractivity (Wildman–Crippen MR) is 117 cm³/mol. The van der Waals surface area contributed by atoms with Crippen LogP contribution in [-0.2, 0) is 6.54 Å². The van der Waals surface area contributed by atoms with Gasteiger partial charge in [-0.25, -0.2) is 8.70 Å².